The van der Waals surface area contributed by atoms with Gasteiger partial charge >= 0.3 is 0 Å². The van der Waals surface area contributed by atoms with Crippen LogP contribution in [0.4, 0.5) is 5.88 Å². The fraction of sp³-hybridized carbons (Fsp3) is 0.250. The van der Waals surface area contributed by atoms with Crippen LogP contribution in [0.5, 0.6) is 5.75 Å². The minimum absolute atomic E-state index is 0.205. The molecule has 0 atom stereocenters. The summed E-state index contributed by atoms with van der Waals surface area (Å²) in [6.07, 6.45) is 0. The molecule has 0 saturated carbocycles. The van der Waals surface area contributed by atoms with Crippen LogP contribution >= 0.6 is 11.8 Å². The first kappa shape index (κ1) is 10.5. The molecule has 0 unspecified atom stereocenters. The first-order chi connectivity index (χ1) is 8.03. The summed E-state index contributed by atoms with van der Waals surface area (Å²) in [4.78, 5) is 0.944. The Bertz CT molecular complexity index is 578. The van der Waals surface area contributed by atoms with Crippen molar-refractivity contribution in [3.63, 3.8) is 0 Å². The summed E-state index contributed by atoms with van der Waals surface area (Å²) in [5.41, 5.74) is 7.18. The molecule has 0 fully saturated rings. The van der Waals surface area contributed by atoms with Crippen LogP contribution < -0.4 is 10.5 Å². The monoisotopic (exact) mass is 248 g/mol. The lowest BCUT2D eigenvalue weighted by atomic mass is 10.1. The fourth-order valence-corrected chi connectivity index (χ4v) is 2.81. The lowest BCUT2D eigenvalue weighted by Crippen LogP contribution is -2.17. The Morgan fingerprint density at radius 3 is 2.82 bits per heavy atom. The van der Waals surface area contributed by atoms with Crippen molar-refractivity contribution in [3.8, 4) is 17.0 Å². The summed E-state index contributed by atoms with van der Waals surface area (Å²) < 4.78 is 10.7. The number of hydrogen-bond acceptors (Lipinski definition) is 5. The van der Waals surface area contributed by atoms with Crippen molar-refractivity contribution in [1.29, 1.82) is 0 Å². The van der Waals surface area contributed by atoms with E-state index in [1.54, 1.807) is 17.8 Å². The fourth-order valence-electron chi connectivity index (χ4n) is 1.81. The van der Waals surface area contributed by atoms with Crippen LogP contribution in [0.15, 0.2) is 33.7 Å². The molecule has 0 radical (unpaired) electrons. The van der Waals surface area contributed by atoms with Crippen LogP contribution in [0.2, 0.25) is 0 Å². The number of thioether (sulfide) groups is 1. The second-order valence-electron chi connectivity index (χ2n) is 4.38. The van der Waals surface area contributed by atoms with E-state index >= 15 is 0 Å². The van der Waals surface area contributed by atoms with E-state index in [0.717, 1.165) is 21.9 Å². The number of aromatic nitrogens is 1. The molecular weight excluding hydrogens is 236 g/mol. The van der Waals surface area contributed by atoms with E-state index < -0.39 is 0 Å². The zero-order valence-electron chi connectivity index (χ0n) is 9.56. The topological polar surface area (TPSA) is 61.3 Å². The third kappa shape index (κ3) is 1.86. The van der Waals surface area contributed by atoms with Crippen LogP contribution in [0, 0.1) is 0 Å². The number of rotatable bonds is 1. The summed E-state index contributed by atoms with van der Waals surface area (Å²) >= 11 is 1.71. The van der Waals surface area contributed by atoms with E-state index in [2.05, 4.69) is 5.16 Å². The largest absolute Gasteiger partial charge is 0.476 e. The molecule has 1 aromatic heterocycles. The summed E-state index contributed by atoms with van der Waals surface area (Å²) in [7, 11) is 0. The molecule has 17 heavy (non-hydrogen) atoms. The highest BCUT2D eigenvalue weighted by molar-refractivity contribution is 8.00. The molecule has 1 aliphatic rings. The maximum atomic E-state index is 5.84. The smallest absolute Gasteiger partial charge is 0.222 e. The van der Waals surface area contributed by atoms with Gasteiger partial charge in [0.15, 0.2) is 4.93 Å². The van der Waals surface area contributed by atoms with E-state index in [0.29, 0.717) is 5.88 Å². The maximum Gasteiger partial charge on any atom is 0.222 e. The molecule has 0 spiro atoms. The van der Waals surface area contributed by atoms with Crippen molar-refractivity contribution in [1.82, 2.24) is 5.16 Å². The molecule has 88 valence electrons. The Kier molecular flexibility index (Phi) is 2.13. The van der Waals surface area contributed by atoms with Crippen molar-refractivity contribution in [2.75, 3.05) is 5.73 Å². The lowest BCUT2D eigenvalue weighted by Gasteiger charge is -2.15. The van der Waals surface area contributed by atoms with E-state index in [1.807, 2.05) is 32.0 Å². The molecule has 5 heteroatoms. The van der Waals surface area contributed by atoms with Gasteiger partial charge in [0.25, 0.3) is 0 Å². The van der Waals surface area contributed by atoms with E-state index in [9.17, 15) is 0 Å². The lowest BCUT2D eigenvalue weighted by molar-refractivity contribution is 0.215. The van der Waals surface area contributed by atoms with Gasteiger partial charge in [-0.2, -0.15) is 0 Å². The van der Waals surface area contributed by atoms with E-state index in [4.69, 9.17) is 15.0 Å². The standard InChI is InChI=1S/C12H12N2O2S/c1-12(2)15-9-5-7(3-4-10(9)17-12)8-6-11(13)16-14-8/h3-6H,13H2,1-2H3. The van der Waals surface area contributed by atoms with Crippen molar-refractivity contribution in [3.05, 3.63) is 24.3 Å². The molecule has 2 N–H and O–H groups in total. The SMILES string of the molecule is CC1(C)Oc2cc(-c3cc(N)on3)ccc2S1. The van der Waals surface area contributed by atoms with Crippen molar-refractivity contribution in [2.45, 2.75) is 23.7 Å². The summed E-state index contributed by atoms with van der Waals surface area (Å²) in [5.74, 6) is 1.20. The first-order valence-electron chi connectivity index (χ1n) is 5.28. The van der Waals surface area contributed by atoms with Gasteiger partial charge in [-0.05, 0) is 26.0 Å². The average Bonchev–Trinajstić information content (AvgIpc) is 2.78. The van der Waals surface area contributed by atoms with Crippen molar-refractivity contribution in [2.24, 2.45) is 0 Å². The van der Waals surface area contributed by atoms with Crippen LogP contribution in [-0.2, 0) is 0 Å². The van der Waals surface area contributed by atoms with Gasteiger partial charge < -0.3 is 15.0 Å². The Hall–Kier alpha value is -1.62. The van der Waals surface area contributed by atoms with Crippen LogP contribution in [0.1, 0.15) is 13.8 Å². The van der Waals surface area contributed by atoms with Crippen LogP contribution in [-0.4, -0.2) is 10.1 Å². The zero-order chi connectivity index (χ0) is 12.0. The molecule has 2 aromatic rings. The Labute approximate surface area is 103 Å². The van der Waals surface area contributed by atoms with Gasteiger partial charge in [0, 0.05) is 11.6 Å². The predicted octanol–water partition coefficient (Wildman–Crippen LogP) is 3.14. The molecule has 2 heterocycles. The summed E-state index contributed by atoms with van der Waals surface area (Å²) in [5, 5.41) is 3.89. The van der Waals surface area contributed by atoms with Crippen molar-refractivity contribution < 1.29 is 9.26 Å². The molecule has 4 nitrogen and oxygen atoms in total. The van der Waals surface area contributed by atoms with Gasteiger partial charge in [0.2, 0.25) is 5.88 Å². The maximum absolute atomic E-state index is 5.84. The highest BCUT2D eigenvalue weighted by Crippen LogP contribution is 2.48. The minimum atomic E-state index is -0.205. The molecule has 0 aliphatic carbocycles. The zero-order valence-corrected chi connectivity index (χ0v) is 10.4. The van der Waals surface area contributed by atoms with E-state index in [1.165, 1.54) is 0 Å². The number of hydrogen-bond donors (Lipinski definition) is 1. The van der Waals surface area contributed by atoms with Gasteiger partial charge in [-0.25, -0.2) is 0 Å². The first-order valence-corrected chi connectivity index (χ1v) is 6.10. The Balaban J connectivity index is 2.01. The van der Waals surface area contributed by atoms with E-state index in [-0.39, 0.29) is 4.93 Å². The minimum Gasteiger partial charge on any atom is -0.476 e. The van der Waals surface area contributed by atoms with Gasteiger partial charge in [0.1, 0.15) is 11.4 Å². The number of nitrogens with two attached hydrogens (primary N) is 1. The second kappa shape index (κ2) is 3.43. The van der Waals surface area contributed by atoms with Crippen LogP contribution in [0.3, 0.4) is 0 Å². The highest BCUT2D eigenvalue weighted by Gasteiger charge is 2.31. The van der Waals surface area contributed by atoms with Crippen LogP contribution in [0.25, 0.3) is 11.3 Å². The molecule has 1 aromatic carbocycles. The van der Waals surface area contributed by atoms with Gasteiger partial charge in [0.05, 0.1) is 4.90 Å². The average molecular weight is 248 g/mol. The molecule has 1 aliphatic heterocycles. The van der Waals surface area contributed by atoms with Gasteiger partial charge in [-0.15, -0.1) is 0 Å². The summed E-state index contributed by atoms with van der Waals surface area (Å²) in [6, 6.07) is 7.70. The Morgan fingerprint density at radius 2 is 2.12 bits per heavy atom. The number of nitrogens with zero attached hydrogens (tertiary/aromatic N) is 1. The summed E-state index contributed by atoms with van der Waals surface area (Å²) in [6.45, 7) is 4.09. The third-order valence-electron chi connectivity index (χ3n) is 2.48. The number of nitrogen functional groups attached to an aromatic ring is 1. The molecule has 0 amide bonds. The molecule has 0 saturated heterocycles. The quantitative estimate of drug-likeness (QED) is 0.840. The van der Waals surface area contributed by atoms with Crippen molar-refractivity contribution >= 4 is 17.6 Å². The number of anilines is 1. The third-order valence-corrected chi connectivity index (χ3v) is 3.61. The normalized spacial score (nSPS) is 16.6. The number of benzene rings is 1. The molecule has 0 bridgehead atoms. The number of ether oxygens (including phenoxy) is 1. The molecule has 3 rings (SSSR count). The predicted molar refractivity (Wildman–Crippen MR) is 66.9 cm³/mol. The Morgan fingerprint density at radius 1 is 1.29 bits per heavy atom. The van der Waals surface area contributed by atoms with Gasteiger partial charge in [-0.1, -0.05) is 23.0 Å². The number of fused-ring (bicyclic) bond motifs is 1. The second-order valence-corrected chi connectivity index (χ2v) is 6.01. The van der Waals surface area contributed by atoms with Gasteiger partial charge in [-0.3, -0.25) is 0 Å². The highest BCUT2D eigenvalue weighted by atomic mass is 32.2. The molecular formula is C12H12N2O2S.